The van der Waals surface area contributed by atoms with Gasteiger partial charge in [0, 0.05) is 23.6 Å². The van der Waals surface area contributed by atoms with E-state index in [1.165, 1.54) is 0 Å². The topological polar surface area (TPSA) is 52.0 Å². The largest absolute Gasteiger partial charge is 0.398 e. The summed E-state index contributed by atoms with van der Waals surface area (Å²) in [6.45, 7) is 0. The van der Waals surface area contributed by atoms with Crippen LogP contribution in [0.4, 0.5) is 11.4 Å². The number of rotatable bonds is 1. The fraction of sp³-hybridized carbons (Fsp3) is 0. The van der Waals surface area contributed by atoms with E-state index in [2.05, 4.69) is 63.7 Å². The van der Waals surface area contributed by atoms with Crippen molar-refractivity contribution in [2.45, 2.75) is 0 Å². The van der Waals surface area contributed by atoms with Crippen molar-refractivity contribution < 1.29 is 0 Å². The Bertz CT molecular complexity index is 603. The maximum absolute atomic E-state index is 5.89. The number of benzene rings is 2. The maximum atomic E-state index is 5.89. The van der Waals surface area contributed by atoms with Gasteiger partial charge in [-0.05, 0) is 83.2 Å². The van der Waals surface area contributed by atoms with Crippen LogP contribution in [0.3, 0.4) is 0 Å². The Morgan fingerprint density at radius 1 is 0.667 bits per heavy atom. The van der Waals surface area contributed by atoms with Crippen LogP contribution in [0, 0.1) is 0 Å². The van der Waals surface area contributed by atoms with Gasteiger partial charge in [0.25, 0.3) is 0 Å². The summed E-state index contributed by atoms with van der Waals surface area (Å²) >= 11 is 13.8. The predicted molar refractivity (Wildman–Crippen MR) is 91.5 cm³/mol. The molecule has 0 heterocycles. The molecule has 2 aromatic rings. The third kappa shape index (κ3) is 2.76. The number of hydrogen-bond donors (Lipinski definition) is 2. The molecule has 2 nitrogen and oxygen atoms in total. The minimum absolute atomic E-state index is 0.685. The number of hydrogen-bond acceptors (Lipinski definition) is 2. The molecule has 0 unspecified atom stereocenters. The van der Waals surface area contributed by atoms with Gasteiger partial charge in [0.2, 0.25) is 0 Å². The standard InChI is InChI=1S/C12H8Br4N2/c13-7-4-11(17)8(14)3-6(7)5-1-9(15)12(18)10(16)2-5/h1-4H,17-18H2. The van der Waals surface area contributed by atoms with Crippen molar-refractivity contribution in [1.82, 2.24) is 0 Å². The Kier molecular flexibility index (Phi) is 4.41. The molecule has 4 N–H and O–H groups in total. The highest BCUT2D eigenvalue weighted by Gasteiger charge is 2.10. The van der Waals surface area contributed by atoms with Gasteiger partial charge in [-0.3, -0.25) is 0 Å². The summed E-state index contributed by atoms with van der Waals surface area (Å²) in [5.41, 5.74) is 15.2. The second-order valence-electron chi connectivity index (χ2n) is 3.71. The van der Waals surface area contributed by atoms with Crippen molar-refractivity contribution in [3.05, 3.63) is 42.2 Å². The van der Waals surface area contributed by atoms with E-state index in [4.69, 9.17) is 11.5 Å². The molecular formula is C12H8Br4N2. The number of nitrogens with two attached hydrogens (primary N) is 2. The second-order valence-corrected chi connectivity index (χ2v) is 7.12. The summed E-state index contributed by atoms with van der Waals surface area (Å²) in [6.07, 6.45) is 0. The third-order valence-electron chi connectivity index (χ3n) is 2.48. The molecule has 18 heavy (non-hydrogen) atoms. The smallest absolute Gasteiger partial charge is 0.0603 e. The second kappa shape index (κ2) is 5.53. The average molecular weight is 500 g/mol. The fourth-order valence-corrected chi connectivity index (χ4v) is 3.64. The van der Waals surface area contributed by atoms with Crippen LogP contribution in [0.25, 0.3) is 11.1 Å². The van der Waals surface area contributed by atoms with Crippen LogP contribution in [0.5, 0.6) is 0 Å². The highest BCUT2D eigenvalue weighted by atomic mass is 79.9. The average Bonchev–Trinajstić information content (AvgIpc) is 2.30. The van der Waals surface area contributed by atoms with Gasteiger partial charge in [0.1, 0.15) is 0 Å². The third-order valence-corrected chi connectivity index (χ3v) is 5.13. The van der Waals surface area contributed by atoms with E-state index in [1.807, 2.05) is 24.3 Å². The Hall–Kier alpha value is -0.0400. The van der Waals surface area contributed by atoms with Gasteiger partial charge in [-0.15, -0.1) is 0 Å². The molecular weight excluding hydrogens is 492 g/mol. The zero-order chi connectivity index (χ0) is 13.4. The van der Waals surface area contributed by atoms with Crippen molar-refractivity contribution in [2.24, 2.45) is 0 Å². The van der Waals surface area contributed by atoms with Gasteiger partial charge in [-0.1, -0.05) is 15.9 Å². The summed E-state index contributed by atoms with van der Waals surface area (Å²) < 4.78 is 3.51. The Morgan fingerprint density at radius 3 is 1.78 bits per heavy atom. The Balaban J connectivity index is 2.66. The van der Waals surface area contributed by atoms with Gasteiger partial charge in [0.15, 0.2) is 0 Å². The number of halogens is 4. The molecule has 0 fully saturated rings. The molecule has 6 heteroatoms. The van der Waals surface area contributed by atoms with Gasteiger partial charge < -0.3 is 11.5 Å². The van der Waals surface area contributed by atoms with Crippen molar-refractivity contribution in [2.75, 3.05) is 11.5 Å². The minimum Gasteiger partial charge on any atom is -0.398 e. The highest BCUT2D eigenvalue weighted by molar-refractivity contribution is 9.11. The molecule has 0 saturated heterocycles. The predicted octanol–water partition coefficient (Wildman–Crippen LogP) is 5.57. The van der Waals surface area contributed by atoms with Crippen LogP contribution in [0.1, 0.15) is 0 Å². The Labute approximate surface area is 139 Å². The molecule has 0 saturated carbocycles. The molecule has 0 radical (unpaired) electrons. The highest BCUT2D eigenvalue weighted by Crippen LogP contribution is 2.39. The fourth-order valence-electron chi connectivity index (χ4n) is 1.52. The summed E-state index contributed by atoms with van der Waals surface area (Å²) in [5.74, 6) is 0. The number of anilines is 2. The van der Waals surface area contributed by atoms with Crippen LogP contribution < -0.4 is 11.5 Å². The monoisotopic (exact) mass is 496 g/mol. The van der Waals surface area contributed by atoms with Crippen LogP contribution in [-0.2, 0) is 0 Å². The van der Waals surface area contributed by atoms with E-state index in [0.29, 0.717) is 11.4 Å². The molecule has 0 aliphatic rings. The lowest BCUT2D eigenvalue weighted by atomic mass is 10.1. The maximum Gasteiger partial charge on any atom is 0.0603 e. The normalized spacial score (nSPS) is 10.7. The van der Waals surface area contributed by atoms with Crippen molar-refractivity contribution in [3.63, 3.8) is 0 Å². The lowest BCUT2D eigenvalue weighted by Gasteiger charge is -2.10. The van der Waals surface area contributed by atoms with E-state index in [-0.39, 0.29) is 0 Å². The van der Waals surface area contributed by atoms with Crippen molar-refractivity contribution in [3.8, 4) is 11.1 Å². The van der Waals surface area contributed by atoms with E-state index in [0.717, 1.165) is 29.0 Å². The first-order chi connectivity index (χ1) is 8.40. The van der Waals surface area contributed by atoms with Gasteiger partial charge >= 0.3 is 0 Å². The zero-order valence-corrected chi connectivity index (χ0v) is 15.3. The number of nitrogen functional groups attached to an aromatic ring is 2. The molecule has 0 spiro atoms. The zero-order valence-electron chi connectivity index (χ0n) is 8.98. The molecule has 0 atom stereocenters. The summed E-state index contributed by atoms with van der Waals surface area (Å²) in [4.78, 5) is 0. The first-order valence-electron chi connectivity index (χ1n) is 4.89. The molecule has 0 amide bonds. The van der Waals surface area contributed by atoms with Crippen LogP contribution in [0.2, 0.25) is 0 Å². The molecule has 94 valence electrons. The summed E-state index contributed by atoms with van der Waals surface area (Å²) in [7, 11) is 0. The van der Waals surface area contributed by atoms with Crippen LogP contribution >= 0.6 is 63.7 Å². The van der Waals surface area contributed by atoms with Gasteiger partial charge in [-0.25, -0.2) is 0 Å². The van der Waals surface area contributed by atoms with Crippen LogP contribution in [-0.4, -0.2) is 0 Å². The lowest BCUT2D eigenvalue weighted by molar-refractivity contribution is 1.52. The van der Waals surface area contributed by atoms with E-state index >= 15 is 0 Å². The van der Waals surface area contributed by atoms with Crippen molar-refractivity contribution >= 4 is 75.1 Å². The molecule has 2 aromatic carbocycles. The summed E-state index contributed by atoms with van der Waals surface area (Å²) in [5, 5.41) is 0. The van der Waals surface area contributed by atoms with E-state index < -0.39 is 0 Å². The SMILES string of the molecule is Nc1cc(Br)c(-c2cc(Br)c(N)c(Br)c2)cc1Br. The first-order valence-corrected chi connectivity index (χ1v) is 8.06. The Morgan fingerprint density at radius 2 is 1.22 bits per heavy atom. The van der Waals surface area contributed by atoms with Gasteiger partial charge in [0.05, 0.1) is 5.69 Å². The lowest BCUT2D eigenvalue weighted by Crippen LogP contribution is -1.92. The minimum atomic E-state index is 0.685. The molecule has 0 aliphatic carbocycles. The molecule has 2 rings (SSSR count). The van der Waals surface area contributed by atoms with Crippen LogP contribution in [0.15, 0.2) is 42.2 Å². The van der Waals surface area contributed by atoms with E-state index in [1.54, 1.807) is 0 Å². The van der Waals surface area contributed by atoms with Gasteiger partial charge in [-0.2, -0.15) is 0 Å². The molecule has 0 bridgehead atoms. The van der Waals surface area contributed by atoms with E-state index in [9.17, 15) is 0 Å². The van der Waals surface area contributed by atoms with Crippen molar-refractivity contribution in [1.29, 1.82) is 0 Å². The molecule has 0 aliphatic heterocycles. The quantitative estimate of drug-likeness (QED) is 0.504. The molecule has 0 aromatic heterocycles. The summed E-state index contributed by atoms with van der Waals surface area (Å²) in [6, 6.07) is 7.80. The first kappa shape index (κ1) is 14.4.